The van der Waals surface area contributed by atoms with E-state index in [0.717, 1.165) is 6.42 Å². The molecule has 0 unspecified atom stereocenters. The molecule has 2 aromatic rings. The van der Waals surface area contributed by atoms with Crippen molar-refractivity contribution in [1.82, 2.24) is 4.98 Å². The molecule has 0 aliphatic heterocycles. The predicted octanol–water partition coefficient (Wildman–Crippen LogP) is 3.06. The number of hydrogen-bond acceptors (Lipinski definition) is 0. The van der Waals surface area contributed by atoms with Crippen molar-refractivity contribution in [3.05, 3.63) is 55.1 Å². The molecule has 0 spiro atoms. The van der Waals surface area contributed by atoms with E-state index in [4.69, 9.17) is 0 Å². The van der Waals surface area contributed by atoms with Crippen LogP contribution in [0.3, 0.4) is 0 Å². The molecule has 1 heterocycles. The SMILES string of the molecule is [CH2]Cc1ccc(-c2ccccc2)[nH]1. The minimum atomic E-state index is 0.812. The van der Waals surface area contributed by atoms with E-state index in [-0.39, 0.29) is 0 Å². The third-order valence-corrected chi connectivity index (χ3v) is 2.10. The van der Waals surface area contributed by atoms with E-state index in [1.54, 1.807) is 0 Å². The molecule has 13 heavy (non-hydrogen) atoms. The van der Waals surface area contributed by atoms with Crippen molar-refractivity contribution in [2.45, 2.75) is 6.42 Å². The van der Waals surface area contributed by atoms with Gasteiger partial charge in [-0.3, -0.25) is 0 Å². The van der Waals surface area contributed by atoms with Crippen LogP contribution in [0.5, 0.6) is 0 Å². The number of H-pyrrole nitrogens is 1. The number of aromatic amines is 1. The summed E-state index contributed by atoms with van der Waals surface area (Å²) in [5, 5.41) is 0. The van der Waals surface area contributed by atoms with Crippen LogP contribution in [0.2, 0.25) is 0 Å². The van der Waals surface area contributed by atoms with Crippen molar-refractivity contribution in [2.24, 2.45) is 0 Å². The third-order valence-electron chi connectivity index (χ3n) is 2.10. The van der Waals surface area contributed by atoms with E-state index in [9.17, 15) is 0 Å². The molecule has 65 valence electrons. The Hall–Kier alpha value is -1.50. The maximum Gasteiger partial charge on any atom is 0.0456 e. The van der Waals surface area contributed by atoms with Gasteiger partial charge in [-0.1, -0.05) is 30.3 Å². The van der Waals surface area contributed by atoms with Crippen molar-refractivity contribution in [3.63, 3.8) is 0 Å². The molecule has 1 radical (unpaired) electrons. The van der Waals surface area contributed by atoms with Gasteiger partial charge in [-0.25, -0.2) is 0 Å². The standard InChI is InChI=1S/C12H12N/c1-2-11-8-9-12(13-11)10-6-4-3-5-7-10/h3-9,13H,1-2H2. The van der Waals surface area contributed by atoms with Crippen LogP contribution in [0.15, 0.2) is 42.5 Å². The molecular weight excluding hydrogens is 158 g/mol. The van der Waals surface area contributed by atoms with Gasteiger partial charge < -0.3 is 4.98 Å². The second-order valence-electron chi connectivity index (χ2n) is 3.01. The second-order valence-corrected chi connectivity index (χ2v) is 3.01. The predicted molar refractivity (Wildman–Crippen MR) is 55.3 cm³/mol. The fourth-order valence-corrected chi connectivity index (χ4v) is 1.37. The molecular formula is C12H12N. The molecule has 1 N–H and O–H groups in total. The third kappa shape index (κ3) is 1.64. The average molecular weight is 170 g/mol. The highest BCUT2D eigenvalue weighted by Gasteiger charge is 1.98. The van der Waals surface area contributed by atoms with Crippen molar-refractivity contribution >= 4 is 0 Å². The van der Waals surface area contributed by atoms with E-state index in [2.05, 4.69) is 36.2 Å². The van der Waals surface area contributed by atoms with Crippen molar-refractivity contribution in [2.75, 3.05) is 0 Å². The summed E-state index contributed by atoms with van der Waals surface area (Å²) in [5.41, 5.74) is 3.57. The number of rotatable bonds is 2. The molecule has 1 nitrogen and oxygen atoms in total. The van der Waals surface area contributed by atoms with Gasteiger partial charge in [0.2, 0.25) is 0 Å². The molecule has 0 atom stereocenters. The molecule has 0 aliphatic rings. The lowest BCUT2D eigenvalue weighted by molar-refractivity contribution is 1.15. The minimum Gasteiger partial charge on any atom is -0.358 e. The van der Waals surface area contributed by atoms with Gasteiger partial charge in [0.25, 0.3) is 0 Å². The van der Waals surface area contributed by atoms with E-state index in [1.165, 1.54) is 17.0 Å². The molecule has 1 heteroatoms. The first-order valence-electron chi connectivity index (χ1n) is 4.42. The van der Waals surface area contributed by atoms with E-state index >= 15 is 0 Å². The van der Waals surface area contributed by atoms with Gasteiger partial charge in [0, 0.05) is 11.4 Å². The Labute approximate surface area is 78.4 Å². The molecule has 2 rings (SSSR count). The zero-order valence-corrected chi connectivity index (χ0v) is 7.46. The lowest BCUT2D eigenvalue weighted by atomic mass is 10.2. The van der Waals surface area contributed by atoms with Crippen LogP contribution in [0.25, 0.3) is 11.3 Å². The zero-order valence-electron chi connectivity index (χ0n) is 7.46. The van der Waals surface area contributed by atoms with Gasteiger partial charge >= 0.3 is 0 Å². The normalized spacial score (nSPS) is 10.2. The fraction of sp³-hybridized carbons (Fsp3) is 0.0833. The summed E-state index contributed by atoms with van der Waals surface area (Å²) in [6.07, 6.45) is 0.812. The monoisotopic (exact) mass is 170 g/mol. The van der Waals surface area contributed by atoms with Gasteiger partial charge in [0.15, 0.2) is 0 Å². The largest absolute Gasteiger partial charge is 0.358 e. The average Bonchev–Trinajstić information content (AvgIpc) is 2.67. The molecule has 0 saturated carbocycles. The molecule has 1 aromatic carbocycles. The quantitative estimate of drug-likeness (QED) is 0.713. The highest BCUT2D eigenvalue weighted by Crippen LogP contribution is 2.17. The molecule has 0 amide bonds. The Kier molecular flexibility index (Phi) is 2.17. The maximum atomic E-state index is 3.83. The molecule has 0 saturated heterocycles. The Balaban J connectivity index is 2.36. The summed E-state index contributed by atoms with van der Waals surface area (Å²) in [6, 6.07) is 14.5. The lowest BCUT2D eigenvalue weighted by Gasteiger charge is -1.96. The summed E-state index contributed by atoms with van der Waals surface area (Å²) in [7, 11) is 0. The van der Waals surface area contributed by atoms with Crippen LogP contribution in [-0.4, -0.2) is 4.98 Å². The zero-order chi connectivity index (χ0) is 9.10. The van der Waals surface area contributed by atoms with Gasteiger partial charge in [-0.2, -0.15) is 0 Å². The van der Waals surface area contributed by atoms with E-state index in [0.29, 0.717) is 0 Å². The fourth-order valence-electron chi connectivity index (χ4n) is 1.37. The van der Waals surface area contributed by atoms with Crippen LogP contribution < -0.4 is 0 Å². The first-order valence-corrected chi connectivity index (χ1v) is 4.42. The van der Waals surface area contributed by atoms with E-state index in [1.807, 2.05) is 18.2 Å². The highest BCUT2D eigenvalue weighted by atomic mass is 14.7. The van der Waals surface area contributed by atoms with Crippen LogP contribution >= 0.6 is 0 Å². The smallest absolute Gasteiger partial charge is 0.0456 e. The van der Waals surface area contributed by atoms with Crippen molar-refractivity contribution in [1.29, 1.82) is 0 Å². The maximum absolute atomic E-state index is 3.83. The van der Waals surface area contributed by atoms with Gasteiger partial charge in [-0.05, 0) is 31.0 Å². The van der Waals surface area contributed by atoms with Crippen LogP contribution in [0, 0.1) is 6.92 Å². The van der Waals surface area contributed by atoms with Crippen LogP contribution in [0.4, 0.5) is 0 Å². The highest BCUT2D eigenvalue weighted by molar-refractivity contribution is 5.59. The Bertz CT molecular complexity index is 373. The summed E-state index contributed by atoms with van der Waals surface area (Å²) >= 11 is 0. The Morgan fingerprint density at radius 2 is 1.77 bits per heavy atom. The van der Waals surface area contributed by atoms with Crippen LogP contribution in [0.1, 0.15) is 5.69 Å². The molecule has 1 aromatic heterocycles. The molecule has 0 aliphatic carbocycles. The number of aromatic nitrogens is 1. The first-order chi connectivity index (χ1) is 6.40. The minimum absolute atomic E-state index is 0.812. The Morgan fingerprint density at radius 1 is 1.00 bits per heavy atom. The topological polar surface area (TPSA) is 15.8 Å². The molecule has 0 fully saturated rings. The van der Waals surface area contributed by atoms with Crippen LogP contribution in [-0.2, 0) is 6.42 Å². The Morgan fingerprint density at radius 3 is 2.38 bits per heavy atom. The molecule has 0 bridgehead atoms. The van der Waals surface area contributed by atoms with Crippen molar-refractivity contribution in [3.8, 4) is 11.3 Å². The summed E-state index contributed by atoms with van der Waals surface area (Å²) < 4.78 is 0. The lowest BCUT2D eigenvalue weighted by Crippen LogP contribution is -1.80. The number of benzene rings is 1. The van der Waals surface area contributed by atoms with Crippen molar-refractivity contribution < 1.29 is 0 Å². The first kappa shape index (κ1) is 8.11. The van der Waals surface area contributed by atoms with Gasteiger partial charge in [0.1, 0.15) is 0 Å². The second kappa shape index (κ2) is 3.48. The van der Waals surface area contributed by atoms with Gasteiger partial charge in [-0.15, -0.1) is 0 Å². The van der Waals surface area contributed by atoms with Gasteiger partial charge in [0.05, 0.1) is 0 Å². The van der Waals surface area contributed by atoms with E-state index < -0.39 is 0 Å². The number of hydrogen-bond donors (Lipinski definition) is 1. The summed E-state index contributed by atoms with van der Waals surface area (Å²) in [6.45, 7) is 3.83. The number of nitrogens with one attached hydrogen (secondary N) is 1. The summed E-state index contributed by atoms with van der Waals surface area (Å²) in [5.74, 6) is 0. The summed E-state index contributed by atoms with van der Waals surface area (Å²) in [4.78, 5) is 3.32.